The molecule has 0 fully saturated rings. The Labute approximate surface area is 155 Å². The van der Waals surface area contributed by atoms with Gasteiger partial charge >= 0.3 is 0 Å². The molecule has 0 aromatic heterocycles. The van der Waals surface area contributed by atoms with Crippen molar-refractivity contribution in [2.75, 3.05) is 13.7 Å². The summed E-state index contributed by atoms with van der Waals surface area (Å²) in [4.78, 5) is 23.8. The van der Waals surface area contributed by atoms with Gasteiger partial charge in [-0.15, -0.1) is 0 Å². The van der Waals surface area contributed by atoms with Gasteiger partial charge in [0, 0.05) is 4.47 Å². The highest BCUT2D eigenvalue weighted by molar-refractivity contribution is 9.11. The fourth-order valence-electron chi connectivity index (χ4n) is 1.80. The molecule has 6 nitrogen and oxygen atoms in total. The van der Waals surface area contributed by atoms with Crippen molar-refractivity contribution in [3.63, 3.8) is 0 Å². The Kier molecular flexibility index (Phi) is 6.62. The number of hydrazine groups is 1. The fourth-order valence-corrected chi connectivity index (χ4v) is 2.96. The number of carbonyl (C=O) groups is 2. The number of methoxy groups -OCH3 is 1. The third-order valence-electron chi connectivity index (χ3n) is 2.92. The first-order valence-electron chi connectivity index (χ1n) is 6.81. The standard InChI is InChI=1S/C16H14Br2N2O4/c1-23-13-5-3-2-4-11(13)16(22)20-19-15(21)9-24-14-7-6-10(17)8-12(14)18/h2-8H,9H2,1H3,(H,19,21)(H,20,22). The molecule has 8 heteroatoms. The molecule has 24 heavy (non-hydrogen) atoms. The van der Waals surface area contributed by atoms with E-state index >= 15 is 0 Å². The zero-order valence-corrected chi connectivity index (χ0v) is 15.8. The van der Waals surface area contributed by atoms with Crippen LogP contribution >= 0.6 is 31.9 Å². The van der Waals surface area contributed by atoms with Crippen LogP contribution < -0.4 is 20.3 Å². The minimum atomic E-state index is -0.493. The molecule has 2 N–H and O–H groups in total. The molecule has 2 aromatic rings. The molecule has 126 valence electrons. The number of para-hydroxylation sites is 1. The van der Waals surface area contributed by atoms with E-state index < -0.39 is 11.8 Å². The maximum absolute atomic E-state index is 12.0. The highest BCUT2D eigenvalue weighted by Crippen LogP contribution is 2.28. The minimum Gasteiger partial charge on any atom is -0.496 e. The van der Waals surface area contributed by atoms with Crippen molar-refractivity contribution in [2.24, 2.45) is 0 Å². The molecule has 0 aliphatic carbocycles. The number of ether oxygens (including phenoxy) is 2. The first kappa shape index (κ1) is 18.3. The number of carbonyl (C=O) groups excluding carboxylic acids is 2. The predicted octanol–water partition coefficient (Wildman–Crippen LogP) is 3.06. The van der Waals surface area contributed by atoms with Gasteiger partial charge < -0.3 is 9.47 Å². The van der Waals surface area contributed by atoms with E-state index in [0.717, 1.165) is 4.47 Å². The summed E-state index contributed by atoms with van der Waals surface area (Å²) >= 11 is 6.66. The lowest BCUT2D eigenvalue weighted by Gasteiger charge is -2.11. The van der Waals surface area contributed by atoms with Crippen molar-refractivity contribution in [2.45, 2.75) is 0 Å². The Balaban J connectivity index is 1.85. The number of nitrogens with one attached hydrogen (secondary N) is 2. The normalized spacial score (nSPS) is 9.96. The molecule has 0 saturated heterocycles. The summed E-state index contributed by atoms with van der Waals surface area (Å²) < 4.78 is 12.1. The maximum Gasteiger partial charge on any atom is 0.276 e. The molecular formula is C16H14Br2N2O4. The monoisotopic (exact) mass is 456 g/mol. The number of hydrogen-bond acceptors (Lipinski definition) is 4. The molecule has 0 heterocycles. The van der Waals surface area contributed by atoms with Gasteiger partial charge in [0.15, 0.2) is 6.61 Å². The van der Waals surface area contributed by atoms with Crippen LogP contribution in [0.4, 0.5) is 0 Å². The smallest absolute Gasteiger partial charge is 0.276 e. The van der Waals surface area contributed by atoms with Crippen LogP contribution in [-0.2, 0) is 4.79 Å². The lowest BCUT2D eigenvalue weighted by atomic mass is 10.2. The van der Waals surface area contributed by atoms with Crippen LogP contribution in [0.2, 0.25) is 0 Å². The van der Waals surface area contributed by atoms with Gasteiger partial charge in [-0.3, -0.25) is 20.4 Å². The van der Waals surface area contributed by atoms with E-state index in [1.54, 1.807) is 42.5 Å². The van der Waals surface area contributed by atoms with Crippen molar-refractivity contribution >= 4 is 43.7 Å². The topological polar surface area (TPSA) is 76.7 Å². The van der Waals surface area contributed by atoms with Crippen LogP contribution in [0.15, 0.2) is 51.4 Å². The Morgan fingerprint density at radius 3 is 2.50 bits per heavy atom. The summed E-state index contributed by atoms with van der Waals surface area (Å²) in [7, 11) is 1.47. The molecule has 0 aliphatic heterocycles. The first-order valence-corrected chi connectivity index (χ1v) is 8.40. The zero-order valence-electron chi connectivity index (χ0n) is 12.6. The summed E-state index contributed by atoms with van der Waals surface area (Å²) in [6.07, 6.45) is 0. The van der Waals surface area contributed by atoms with Crippen molar-refractivity contribution in [1.29, 1.82) is 0 Å². The molecule has 0 saturated carbocycles. The van der Waals surface area contributed by atoms with Crippen LogP contribution in [0.3, 0.4) is 0 Å². The molecule has 2 rings (SSSR count). The molecular weight excluding hydrogens is 444 g/mol. The molecule has 0 unspecified atom stereocenters. The van der Waals surface area contributed by atoms with Crippen LogP contribution in [0, 0.1) is 0 Å². The summed E-state index contributed by atoms with van der Waals surface area (Å²) in [5.41, 5.74) is 4.92. The zero-order chi connectivity index (χ0) is 17.5. The van der Waals surface area contributed by atoms with Crippen molar-refractivity contribution in [3.8, 4) is 11.5 Å². The first-order chi connectivity index (χ1) is 11.5. The second-order valence-corrected chi connectivity index (χ2v) is 6.34. The van der Waals surface area contributed by atoms with Gasteiger partial charge in [0.05, 0.1) is 17.1 Å². The second-order valence-electron chi connectivity index (χ2n) is 4.57. The van der Waals surface area contributed by atoms with Gasteiger partial charge in [-0.25, -0.2) is 0 Å². The summed E-state index contributed by atoms with van der Waals surface area (Å²) in [6.45, 7) is -0.244. The highest BCUT2D eigenvalue weighted by Gasteiger charge is 2.12. The third kappa shape index (κ3) is 4.97. The minimum absolute atomic E-state index is 0.244. The van der Waals surface area contributed by atoms with E-state index in [9.17, 15) is 9.59 Å². The third-order valence-corrected chi connectivity index (χ3v) is 4.03. The van der Waals surface area contributed by atoms with Crippen LogP contribution in [-0.4, -0.2) is 25.5 Å². The van der Waals surface area contributed by atoms with Crippen LogP contribution in [0.25, 0.3) is 0 Å². The molecule has 2 amide bonds. The lowest BCUT2D eigenvalue weighted by molar-refractivity contribution is -0.123. The summed E-state index contributed by atoms with van der Waals surface area (Å²) in [5.74, 6) is -0.0395. The van der Waals surface area contributed by atoms with Gasteiger partial charge in [-0.1, -0.05) is 28.1 Å². The predicted molar refractivity (Wildman–Crippen MR) is 95.9 cm³/mol. The number of halogens is 2. The van der Waals surface area contributed by atoms with Crippen molar-refractivity contribution < 1.29 is 19.1 Å². The van der Waals surface area contributed by atoms with Gasteiger partial charge in [0.25, 0.3) is 11.8 Å². The molecule has 0 atom stereocenters. The van der Waals surface area contributed by atoms with Crippen LogP contribution in [0.1, 0.15) is 10.4 Å². The molecule has 0 bridgehead atoms. The Morgan fingerprint density at radius 1 is 1.04 bits per heavy atom. The number of benzene rings is 2. The van der Waals surface area contributed by atoms with Gasteiger partial charge in [0.1, 0.15) is 11.5 Å². The number of hydrogen-bond donors (Lipinski definition) is 2. The van der Waals surface area contributed by atoms with E-state index in [1.165, 1.54) is 7.11 Å². The summed E-state index contributed by atoms with van der Waals surface area (Å²) in [5, 5.41) is 0. The van der Waals surface area contributed by atoms with Gasteiger partial charge in [-0.05, 0) is 46.3 Å². The van der Waals surface area contributed by atoms with Gasteiger partial charge in [0.2, 0.25) is 0 Å². The van der Waals surface area contributed by atoms with Gasteiger partial charge in [-0.2, -0.15) is 0 Å². The Bertz CT molecular complexity index is 753. The van der Waals surface area contributed by atoms with Crippen molar-refractivity contribution in [3.05, 3.63) is 57.0 Å². The average Bonchev–Trinajstić information content (AvgIpc) is 2.58. The quantitative estimate of drug-likeness (QED) is 0.676. The highest BCUT2D eigenvalue weighted by atomic mass is 79.9. The molecule has 0 spiro atoms. The Hall–Kier alpha value is -2.06. The number of rotatable bonds is 5. The van der Waals surface area contributed by atoms with E-state index in [2.05, 4.69) is 42.7 Å². The maximum atomic E-state index is 12.0. The molecule has 0 radical (unpaired) electrons. The largest absolute Gasteiger partial charge is 0.496 e. The number of amides is 2. The fraction of sp³-hybridized carbons (Fsp3) is 0.125. The van der Waals surface area contributed by atoms with Crippen LogP contribution in [0.5, 0.6) is 11.5 Å². The lowest BCUT2D eigenvalue weighted by Crippen LogP contribution is -2.43. The molecule has 0 aliphatic rings. The SMILES string of the molecule is COc1ccccc1C(=O)NNC(=O)COc1ccc(Br)cc1Br. The Morgan fingerprint density at radius 2 is 1.79 bits per heavy atom. The van der Waals surface area contributed by atoms with E-state index in [4.69, 9.17) is 9.47 Å². The van der Waals surface area contributed by atoms with E-state index in [1.807, 2.05) is 0 Å². The average molecular weight is 458 g/mol. The van der Waals surface area contributed by atoms with Crippen molar-refractivity contribution in [1.82, 2.24) is 10.9 Å². The molecule has 2 aromatic carbocycles. The van der Waals surface area contributed by atoms with E-state index in [0.29, 0.717) is 21.5 Å². The van der Waals surface area contributed by atoms with E-state index in [-0.39, 0.29) is 6.61 Å². The summed E-state index contributed by atoms with van der Waals surface area (Å²) in [6, 6.07) is 12.0. The second kappa shape index (κ2) is 8.70.